The molecular weight excluding hydrogens is 335 g/mol. The highest BCUT2D eigenvalue weighted by molar-refractivity contribution is 5.33. The molecule has 1 aromatic heterocycles. The molecule has 5 nitrogen and oxygen atoms in total. The van der Waals surface area contributed by atoms with Gasteiger partial charge in [-0.05, 0) is 24.1 Å². The minimum Gasteiger partial charge on any atom is -0.480 e. The third-order valence-electron chi connectivity index (χ3n) is 4.28. The quantitative estimate of drug-likeness (QED) is 0.916. The van der Waals surface area contributed by atoms with Gasteiger partial charge in [-0.15, -0.1) is 5.10 Å². The first-order valence-electron chi connectivity index (χ1n) is 7.83. The molecule has 1 aliphatic heterocycles. The molecular formula is C17H18F3N3O2. The number of hydrogen-bond acceptors (Lipinski definition) is 5. The fourth-order valence-electron chi connectivity index (χ4n) is 3.17. The van der Waals surface area contributed by atoms with E-state index in [0.29, 0.717) is 18.1 Å². The van der Waals surface area contributed by atoms with Crippen LogP contribution in [0, 0.1) is 0 Å². The number of alkyl halides is 3. The summed E-state index contributed by atoms with van der Waals surface area (Å²) in [6, 6.07) is 8.33. The first kappa shape index (κ1) is 17.6. The molecule has 25 heavy (non-hydrogen) atoms. The van der Waals surface area contributed by atoms with Gasteiger partial charge in [-0.1, -0.05) is 18.2 Å². The van der Waals surface area contributed by atoms with Gasteiger partial charge in [-0.2, -0.15) is 18.3 Å². The third-order valence-corrected chi connectivity index (χ3v) is 4.28. The summed E-state index contributed by atoms with van der Waals surface area (Å²) in [5, 5.41) is 17.9. The van der Waals surface area contributed by atoms with Gasteiger partial charge >= 0.3 is 6.18 Å². The highest BCUT2D eigenvalue weighted by Gasteiger charge is 2.39. The molecule has 3 rings (SSSR count). The second kappa shape index (κ2) is 6.97. The van der Waals surface area contributed by atoms with Crippen LogP contribution in [0.3, 0.4) is 0 Å². The molecule has 1 aromatic carbocycles. The van der Waals surface area contributed by atoms with Crippen LogP contribution in [0.15, 0.2) is 36.4 Å². The maximum absolute atomic E-state index is 13.3. The van der Waals surface area contributed by atoms with E-state index >= 15 is 0 Å². The number of aliphatic hydroxyl groups excluding tert-OH is 1. The predicted octanol–water partition coefficient (Wildman–Crippen LogP) is 2.81. The van der Waals surface area contributed by atoms with Crippen LogP contribution in [0.2, 0.25) is 0 Å². The summed E-state index contributed by atoms with van der Waals surface area (Å²) in [4.78, 5) is 1.80. The summed E-state index contributed by atoms with van der Waals surface area (Å²) in [6.07, 6.45) is -4.87. The Labute approximate surface area is 143 Å². The molecule has 0 spiro atoms. The molecule has 2 atom stereocenters. The van der Waals surface area contributed by atoms with Crippen molar-refractivity contribution in [2.45, 2.75) is 31.3 Å². The average molecular weight is 353 g/mol. The van der Waals surface area contributed by atoms with Crippen molar-refractivity contribution >= 4 is 0 Å². The summed E-state index contributed by atoms with van der Waals surface area (Å²) < 4.78 is 44.9. The molecule has 1 saturated heterocycles. The number of likely N-dealkylation sites (tertiary alicyclic amines) is 1. The van der Waals surface area contributed by atoms with E-state index in [4.69, 9.17) is 4.74 Å². The van der Waals surface area contributed by atoms with Gasteiger partial charge in [0.1, 0.15) is 0 Å². The molecule has 0 amide bonds. The van der Waals surface area contributed by atoms with Gasteiger partial charge in [0.15, 0.2) is 0 Å². The van der Waals surface area contributed by atoms with Gasteiger partial charge in [0, 0.05) is 25.2 Å². The Morgan fingerprint density at radius 1 is 1.20 bits per heavy atom. The van der Waals surface area contributed by atoms with Crippen LogP contribution in [0.1, 0.15) is 29.3 Å². The van der Waals surface area contributed by atoms with E-state index in [1.54, 1.807) is 23.1 Å². The molecule has 134 valence electrons. The number of aromatic nitrogens is 2. The predicted molar refractivity (Wildman–Crippen MR) is 83.8 cm³/mol. The van der Waals surface area contributed by atoms with Crippen molar-refractivity contribution in [3.8, 4) is 5.88 Å². The second-order valence-corrected chi connectivity index (χ2v) is 5.99. The molecule has 2 unspecified atom stereocenters. The smallest absolute Gasteiger partial charge is 0.416 e. The van der Waals surface area contributed by atoms with E-state index in [0.717, 1.165) is 6.07 Å². The summed E-state index contributed by atoms with van der Waals surface area (Å²) in [6.45, 7) is 0.579. The standard InChI is InChI=1S/C17H18F3N3O2/c1-25-16-7-6-11(21-22-16)9-23-10-12(24)8-15(23)13-4-2-3-5-14(13)17(18,19)20/h2-7,12,15,24H,8-10H2,1H3. The maximum Gasteiger partial charge on any atom is 0.416 e. The fourth-order valence-corrected chi connectivity index (χ4v) is 3.17. The normalized spacial score (nSPS) is 21.5. The van der Waals surface area contributed by atoms with E-state index in [1.165, 1.54) is 19.2 Å². The number of aliphatic hydroxyl groups is 1. The molecule has 1 N–H and O–H groups in total. The first-order valence-corrected chi connectivity index (χ1v) is 7.83. The van der Waals surface area contributed by atoms with Gasteiger partial charge < -0.3 is 9.84 Å². The molecule has 0 aliphatic carbocycles. The lowest BCUT2D eigenvalue weighted by Gasteiger charge is -2.26. The summed E-state index contributed by atoms with van der Waals surface area (Å²) in [5.74, 6) is 0.365. The zero-order valence-corrected chi connectivity index (χ0v) is 13.6. The Kier molecular flexibility index (Phi) is 4.91. The number of methoxy groups -OCH3 is 1. The Bertz CT molecular complexity index is 722. The van der Waals surface area contributed by atoms with Crippen LogP contribution in [0.4, 0.5) is 13.2 Å². The van der Waals surface area contributed by atoms with Crippen LogP contribution in [-0.4, -0.2) is 40.0 Å². The van der Waals surface area contributed by atoms with E-state index in [-0.39, 0.29) is 18.5 Å². The van der Waals surface area contributed by atoms with Crippen LogP contribution >= 0.6 is 0 Å². The van der Waals surface area contributed by atoms with Gasteiger partial charge in [-0.25, -0.2) is 0 Å². The van der Waals surface area contributed by atoms with Crippen molar-refractivity contribution < 1.29 is 23.0 Å². The zero-order valence-electron chi connectivity index (χ0n) is 13.6. The Hall–Kier alpha value is -2.19. The number of halogens is 3. The number of β-amino-alcohol motifs (C(OH)–C–C–N with tert-alkyl or cyclic N) is 1. The summed E-state index contributed by atoms with van der Waals surface area (Å²) in [7, 11) is 1.48. The first-order chi connectivity index (χ1) is 11.9. The number of rotatable bonds is 4. The van der Waals surface area contributed by atoms with Gasteiger partial charge in [0.05, 0.1) is 24.5 Å². The van der Waals surface area contributed by atoms with Crippen molar-refractivity contribution in [2.75, 3.05) is 13.7 Å². The van der Waals surface area contributed by atoms with E-state index in [9.17, 15) is 18.3 Å². The number of ether oxygens (including phenoxy) is 1. The highest BCUT2D eigenvalue weighted by Crippen LogP contribution is 2.40. The maximum atomic E-state index is 13.3. The van der Waals surface area contributed by atoms with Crippen molar-refractivity contribution in [2.24, 2.45) is 0 Å². The molecule has 1 aliphatic rings. The van der Waals surface area contributed by atoms with E-state index in [2.05, 4.69) is 10.2 Å². The average Bonchev–Trinajstić information content (AvgIpc) is 2.95. The molecule has 0 saturated carbocycles. The molecule has 0 bridgehead atoms. The van der Waals surface area contributed by atoms with Gasteiger partial charge in [0.25, 0.3) is 0 Å². The van der Waals surface area contributed by atoms with Gasteiger partial charge in [-0.3, -0.25) is 4.90 Å². The van der Waals surface area contributed by atoms with E-state index in [1.807, 2.05) is 0 Å². The van der Waals surface area contributed by atoms with Crippen molar-refractivity contribution in [1.82, 2.24) is 15.1 Å². The van der Waals surface area contributed by atoms with Crippen molar-refractivity contribution in [1.29, 1.82) is 0 Å². The SMILES string of the molecule is COc1ccc(CN2CC(O)CC2c2ccccc2C(F)(F)F)nn1. The Morgan fingerprint density at radius 2 is 1.96 bits per heavy atom. The van der Waals surface area contributed by atoms with Gasteiger partial charge in [0.2, 0.25) is 5.88 Å². The summed E-state index contributed by atoms with van der Waals surface area (Å²) >= 11 is 0. The van der Waals surface area contributed by atoms with Crippen LogP contribution < -0.4 is 4.74 Å². The Morgan fingerprint density at radius 3 is 2.60 bits per heavy atom. The molecule has 2 aromatic rings. The second-order valence-electron chi connectivity index (χ2n) is 5.99. The topological polar surface area (TPSA) is 58.5 Å². The zero-order chi connectivity index (χ0) is 18.0. The van der Waals surface area contributed by atoms with Crippen LogP contribution in [0.5, 0.6) is 5.88 Å². The van der Waals surface area contributed by atoms with E-state index < -0.39 is 23.9 Å². The Balaban J connectivity index is 1.87. The largest absolute Gasteiger partial charge is 0.480 e. The molecule has 0 radical (unpaired) electrons. The molecule has 2 heterocycles. The molecule has 1 fully saturated rings. The van der Waals surface area contributed by atoms with Crippen LogP contribution in [-0.2, 0) is 12.7 Å². The lowest BCUT2D eigenvalue weighted by molar-refractivity contribution is -0.138. The lowest BCUT2D eigenvalue weighted by atomic mass is 9.97. The monoisotopic (exact) mass is 353 g/mol. The molecule has 8 heteroatoms. The number of benzene rings is 1. The summed E-state index contributed by atoms with van der Waals surface area (Å²) in [5.41, 5.74) is 0.109. The highest BCUT2D eigenvalue weighted by atomic mass is 19.4. The minimum atomic E-state index is -4.43. The number of hydrogen-bond donors (Lipinski definition) is 1. The third kappa shape index (κ3) is 3.91. The van der Waals surface area contributed by atoms with Crippen molar-refractivity contribution in [3.63, 3.8) is 0 Å². The lowest BCUT2D eigenvalue weighted by Crippen LogP contribution is -2.26. The fraction of sp³-hybridized carbons (Fsp3) is 0.412. The number of nitrogens with zero attached hydrogens (tertiary/aromatic N) is 3. The van der Waals surface area contributed by atoms with Crippen LogP contribution in [0.25, 0.3) is 0 Å². The van der Waals surface area contributed by atoms with Crippen molar-refractivity contribution in [3.05, 3.63) is 53.2 Å². The minimum absolute atomic E-state index is 0.174.